The maximum atomic E-state index is 14.2. The first-order valence-corrected chi connectivity index (χ1v) is 17.1. The summed E-state index contributed by atoms with van der Waals surface area (Å²) in [7, 11) is 0. The van der Waals surface area contributed by atoms with Gasteiger partial charge in [0.15, 0.2) is 0 Å². The number of rotatable bonds is 5. The van der Waals surface area contributed by atoms with E-state index in [1.165, 1.54) is 17.7 Å². The van der Waals surface area contributed by atoms with Gasteiger partial charge in [-0.25, -0.2) is 0 Å². The number of ether oxygens (including phenoxy) is 1. The van der Waals surface area contributed by atoms with Crippen LogP contribution in [0.2, 0.25) is 0 Å². The Labute approximate surface area is 267 Å². The molecule has 0 saturated heterocycles. The van der Waals surface area contributed by atoms with Gasteiger partial charge in [0.25, 0.3) is 5.69 Å². The monoisotopic (exact) mass is 623 g/mol. The normalized spacial score (nSPS) is 45.2. The largest absolute Gasteiger partial charge is 0.460 e. The topological polar surface area (TPSA) is 130 Å². The minimum atomic E-state index is -0.938. The highest BCUT2D eigenvalue weighted by molar-refractivity contribution is 5.79. The number of fused-ring (bicyclic) bond motifs is 7. The van der Waals surface area contributed by atoms with Crippen LogP contribution in [0.1, 0.15) is 105 Å². The maximum absolute atomic E-state index is 14.2. The quantitative estimate of drug-likeness (QED) is 0.143. The lowest BCUT2D eigenvalue weighted by Gasteiger charge is -2.71. The number of carbonyl (C=O) groups is 1. The van der Waals surface area contributed by atoms with Crippen molar-refractivity contribution in [2.75, 3.05) is 6.61 Å². The number of non-ortho nitro benzene ring substituents is 1. The van der Waals surface area contributed by atoms with E-state index in [0.29, 0.717) is 6.42 Å². The second-order valence-electron chi connectivity index (χ2n) is 17.3. The van der Waals surface area contributed by atoms with Crippen LogP contribution < -0.4 is 0 Å². The number of carbonyl (C=O) groups excluding carboxylic acids is 1. The third kappa shape index (κ3) is 4.59. The summed E-state index contributed by atoms with van der Waals surface area (Å²) in [5.41, 5.74) is 0.508. The molecule has 0 radical (unpaired) electrons. The Morgan fingerprint density at radius 2 is 1.62 bits per heavy atom. The lowest BCUT2D eigenvalue weighted by Crippen LogP contribution is -2.68. The van der Waals surface area contributed by atoms with Crippen molar-refractivity contribution < 1.29 is 29.8 Å². The van der Waals surface area contributed by atoms with Crippen molar-refractivity contribution in [2.45, 2.75) is 118 Å². The molecule has 0 bridgehead atoms. The molecule has 0 amide bonds. The van der Waals surface area contributed by atoms with E-state index < -0.39 is 28.0 Å². The minimum Gasteiger partial charge on any atom is -0.460 e. The van der Waals surface area contributed by atoms with E-state index in [-0.39, 0.29) is 64.3 Å². The first kappa shape index (κ1) is 32.6. The van der Waals surface area contributed by atoms with Crippen molar-refractivity contribution >= 4 is 11.7 Å². The Kier molecular flexibility index (Phi) is 7.70. The number of nitro groups is 1. The Morgan fingerprint density at radius 1 is 0.956 bits per heavy atom. The number of hydrogen-bond donors (Lipinski definition) is 3. The lowest BCUT2D eigenvalue weighted by molar-refractivity contribution is -0.384. The number of allylic oxidation sites excluding steroid dienone is 2. The molecule has 4 saturated carbocycles. The Hall–Kier alpha value is -2.29. The van der Waals surface area contributed by atoms with Gasteiger partial charge in [-0.15, -0.1) is 0 Å². The first-order chi connectivity index (χ1) is 21.0. The van der Waals surface area contributed by atoms with Crippen LogP contribution in [0.5, 0.6) is 0 Å². The van der Waals surface area contributed by atoms with Crippen LogP contribution in [0.15, 0.2) is 35.9 Å². The smallest absolute Gasteiger partial charge is 0.313 e. The molecule has 0 heterocycles. The zero-order chi connectivity index (χ0) is 32.8. The molecule has 5 aliphatic carbocycles. The average molecular weight is 624 g/mol. The molecule has 248 valence electrons. The van der Waals surface area contributed by atoms with E-state index >= 15 is 0 Å². The molecule has 1 aromatic rings. The van der Waals surface area contributed by atoms with Gasteiger partial charge in [-0.2, -0.15) is 0 Å². The lowest BCUT2D eigenvalue weighted by atomic mass is 9.33. The number of aliphatic hydroxyl groups is 3. The van der Waals surface area contributed by atoms with Gasteiger partial charge in [0.2, 0.25) is 0 Å². The Balaban J connectivity index is 1.34. The minimum absolute atomic E-state index is 0.0173. The highest BCUT2D eigenvalue weighted by Crippen LogP contribution is 2.75. The zero-order valence-electron chi connectivity index (χ0n) is 28.0. The molecule has 0 spiro atoms. The summed E-state index contributed by atoms with van der Waals surface area (Å²) < 4.78 is 6.07. The molecule has 5 aliphatic rings. The Bertz CT molecular complexity index is 1390. The van der Waals surface area contributed by atoms with Gasteiger partial charge >= 0.3 is 5.97 Å². The second kappa shape index (κ2) is 10.6. The fourth-order valence-electron chi connectivity index (χ4n) is 11.8. The van der Waals surface area contributed by atoms with E-state index in [1.807, 2.05) is 6.92 Å². The second-order valence-corrected chi connectivity index (χ2v) is 17.3. The van der Waals surface area contributed by atoms with Crippen molar-refractivity contribution in [3.63, 3.8) is 0 Å². The van der Waals surface area contributed by atoms with Crippen molar-refractivity contribution in [2.24, 2.45) is 50.2 Å². The molecule has 0 unspecified atom stereocenters. The van der Waals surface area contributed by atoms with Crippen LogP contribution >= 0.6 is 0 Å². The van der Waals surface area contributed by atoms with E-state index in [4.69, 9.17) is 4.74 Å². The van der Waals surface area contributed by atoms with Gasteiger partial charge in [-0.1, -0.05) is 53.2 Å². The summed E-state index contributed by atoms with van der Waals surface area (Å²) in [6, 6.07) is 6.22. The van der Waals surface area contributed by atoms with Crippen LogP contribution in [0.25, 0.3) is 0 Å². The van der Waals surface area contributed by atoms with E-state index in [9.17, 15) is 30.2 Å². The van der Waals surface area contributed by atoms with E-state index in [0.717, 1.165) is 56.9 Å². The molecule has 8 nitrogen and oxygen atoms in total. The fraction of sp³-hybridized carbons (Fsp3) is 0.757. The van der Waals surface area contributed by atoms with Crippen molar-refractivity contribution in [3.05, 3.63) is 51.6 Å². The molecular weight excluding hydrogens is 570 g/mol. The van der Waals surface area contributed by atoms with Gasteiger partial charge in [-0.3, -0.25) is 14.9 Å². The summed E-state index contributed by atoms with van der Waals surface area (Å²) in [6.45, 7) is 13.7. The van der Waals surface area contributed by atoms with Gasteiger partial charge in [0.05, 0.1) is 29.2 Å². The summed E-state index contributed by atoms with van der Waals surface area (Å²) in [4.78, 5) is 24.9. The molecular formula is C37H53NO7. The number of aliphatic hydroxyl groups excluding tert-OH is 3. The van der Waals surface area contributed by atoms with Crippen molar-refractivity contribution in [1.82, 2.24) is 0 Å². The molecule has 6 rings (SSSR count). The standard InChI is InChI=1S/C37H53NO7/c1-32(2)15-17-37(31(42)45-21-23-7-9-24(10-8-23)38(43)44)18-16-35(5)25(26(37)19-32)11-12-29-33(3)20-27(40)30(41)34(4,22-39)28(33)13-14-36(29,35)6/h7-11,26-30,39-41H,12-22H2,1-6H3/t26-,27+,28+,29+,30-,33-,34-,35+,36+,37-/m0/s1. The van der Waals surface area contributed by atoms with E-state index in [1.54, 1.807) is 12.1 Å². The number of nitrogens with zero attached hydrogens (tertiary/aromatic N) is 1. The molecule has 4 fully saturated rings. The van der Waals surface area contributed by atoms with Gasteiger partial charge in [0, 0.05) is 17.5 Å². The van der Waals surface area contributed by atoms with Crippen LogP contribution in [-0.2, 0) is 16.1 Å². The molecule has 3 N–H and O–H groups in total. The number of hydrogen-bond acceptors (Lipinski definition) is 7. The molecule has 8 heteroatoms. The number of benzene rings is 1. The van der Waals surface area contributed by atoms with Crippen LogP contribution in [-0.4, -0.2) is 45.0 Å². The van der Waals surface area contributed by atoms with Gasteiger partial charge < -0.3 is 20.1 Å². The summed E-state index contributed by atoms with van der Waals surface area (Å²) in [5, 5.41) is 43.8. The molecule has 1 aromatic carbocycles. The summed E-state index contributed by atoms with van der Waals surface area (Å²) in [5.74, 6) is 0.323. The van der Waals surface area contributed by atoms with Crippen LogP contribution in [0.3, 0.4) is 0 Å². The third-order valence-corrected chi connectivity index (χ3v) is 14.7. The zero-order valence-corrected chi connectivity index (χ0v) is 28.0. The summed E-state index contributed by atoms with van der Waals surface area (Å²) >= 11 is 0. The number of esters is 1. The predicted octanol–water partition coefficient (Wildman–Crippen LogP) is 6.74. The van der Waals surface area contributed by atoms with Crippen LogP contribution in [0.4, 0.5) is 5.69 Å². The van der Waals surface area contributed by atoms with E-state index in [2.05, 4.69) is 40.7 Å². The van der Waals surface area contributed by atoms with Crippen molar-refractivity contribution in [3.8, 4) is 0 Å². The van der Waals surface area contributed by atoms with Gasteiger partial charge in [0.1, 0.15) is 6.61 Å². The Morgan fingerprint density at radius 3 is 2.27 bits per heavy atom. The third-order valence-electron chi connectivity index (χ3n) is 14.7. The first-order valence-electron chi connectivity index (χ1n) is 17.1. The highest BCUT2D eigenvalue weighted by Gasteiger charge is 2.70. The number of nitro benzene ring substituents is 1. The molecule has 10 atom stereocenters. The highest BCUT2D eigenvalue weighted by atomic mass is 16.6. The van der Waals surface area contributed by atoms with Crippen LogP contribution in [0, 0.1) is 60.4 Å². The average Bonchev–Trinajstić information content (AvgIpc) is 2.99. The maximum Gasteiger partial charge on any atom is 0.313 e. The molecule has 0 aromatic heterocycles. The molecule has 0 aliphatic heterocycles. The fourth-order valence-corrected chi connectivity index (χ4v) is 11.8. The van der Waals surface area contributed by atoms with Gasteiger partial charge in [-0.05, 0) is 115 Å². The summed E-state index contributed by atoms with van der Waals surface area (Å²) in [6.07, 6.45) is 8.25. The molecule has 45 heavy (non-hydrogen) atoms. The SMILES string of the molecule is CC1(C)CC[C@]2(C(=O)OCc3ccc([N+](=O)[O-])cc3)CC[C@]3(C)C(=CC[C@@H]4[C@@]5(C)C[C@@H](O)[C@H](O)[C@@](C)(CO)[C@@H]5CC[C@]43C)[C@@H]2C1. The van der Waals surface area contributed by atoms with Crippen molar-refractivity contribution in [1.29, 1.82) is 0 Å². The predicted molar refractivity (Wildman–Crippen MR) is 171 cm³/mol.